The molecular weight excluding hydrogens is 552 g/mol. The number of nitro benzene ring substituents is 6. The highest BCUT2D eigenvalue weighted by Gasteiger charge is 2.40. The van der Waals surface area contributed by atoms with Gasteiger partial charge in [-0.1, -0.05) is 0 Å². The molecule has 0 aliphatic carbocycles. The van der Waals surface area contributed by atoms with E-state index in [2.05, 4.69) is 10.6 Å². The van der Waals surface area contributed by atoms with Gasteiger partial charge in [-0.05, 0) is 31.4 Å². The number of rotatable bonds is 15. The predicted molar refractivity (Wildman–Crippen MR) is 130 cm³/mol. The number of benzene rings is 2. The van der Waals surface area contributed by atoms with E-state index in [1.807, 2.05) is 0 Å². The molecule has 0 aliphatic rings. The lowest BCUT2D eigenvalue weighted by molar-refractivity contribution is -0.440. The third-order valence-corrected chi connectivity index (χ3v) is 5.25. The van der Waals surface area contributed by atoms with E-state index < -0.39 is 87.1 Å². The van der Waals surface area contributed by atoms with E-state index in [4.69, 9.17) is 0 Å². The van der Waals surface area contributed by atoms with Crippen LogP contribution in [0.4, 0.5) is 45.5 Å². The van der Waals surface area contributed by atoms with Crippen LogP contribution in [0.25, 0.3) is 0 Å². The van der Waals surface area contributed by atoms with E-state index in [-0.39, 0.29) is 25.8 Å². The zero-order valence-corrected chi connectivity index (χ0v) is 19.7. The lowest BCUT2D eigenvalue weighted by Crippen LogP contribution is -2.29. The normalized spacial score (nSPS) is 11.2. The first kappa shape index (κ1) is 30.1. The third kappa shape index (κ3) is 6.61. The van der Waals surface area contributed by atoms with Crippen LogP contribution in [0.5, 0.6) is 0 Å². The molecule has 0 saturated carbocycles. The van der Waals surface area contributed by atoms with E-state index in [1.165, 1.54) is 0 Å². The predicted octanol–water partition coefficient (Wildman–Crippen LogP) is 3.28. The number of unbranched alkanes of at least 4 members (excludes halogenated alkanes) is 1. The number of nitrogens with one attached hydrogen (secondary N) is 2. The number of hydrogen-bond donors (Lipinski definition) is 3. The summed E-state index contributed by atoms with van der Waals surface area (Å²) in [6.45, 7) is -0.134. The van der Waals surface area contributed by atoms with Gasteiger partial charge < -0.3 is 15.7 Å². The summed E-state index contributed by atoms with van der Waals surface area (Å²) in [5, 5.41) is 81.7. The topological polar surface area (TPSA) is 320 Å². The van der Waals surface area contributed by atoms with Crippen molar-refractivity contribution in [2.45, 2.75) is 25.3 Å². The minimum absolute atomic E-state index is 0.0166. The van der Waals surface area contributed by atoms with Gasteiger partial charge in [0.2, 0.25) is 0 Å². The van der Waals surface area contributed by atoms with Gasteiger partial charge in [0.1, 0.15) is 17.4 Å². The molecule has 0 radical (unpaired) electrons. The van der Waals surface area contributed by atoms with Crippen LogP contribution in [0.15, 0.2) is 24.3 Å². The number of anilines is 2. The molecule has 2 rings (SSSR count). The number of aliphatic carboxylic acids is 1. The minimum atomic E-state index is -1.57. The summed E-state index contributed by atoms with van der Waals surface area (Å²) in [4.78, 5) is 71.7. The summed E-state index contributed by atoms with van der Waals surface area (Å²) in [7, 11) is 0. The Labute approximate surface area is 219 Å². The van der Waals surface area contributed by atoms with Crippen LogP contribution in [0, 0.1) is 60.7 Å². The highest BCUT2D eigenvalue weighted by Crippen LogP contribution is 2.43. The molecule has 0 fully saturated rings. The Hall–Kier alpha value is -6.09. The molecule has 2 aromatic rings. The van der Waals surface area contributed by atoms with Crippen LogP contribution in [0.2, 0.25) is 0 Å². The second-order valence-corrected chi connectivity index (χ2v) is 7.66. The summed E-state index contributed by atoms with van der Waals surface area (Å²) in [6.07, 6.45) is -0.180. The number of carboxylic acid groups (broad SMARTS) is 1. The zero-order valence-electron chi connectivity index (χ0n) is 19.7. The summed E-state index contributed by atoms with van der Waals surface area (Å²) in [5.74, 6) is -1.54. The van der Waals surface area contributed by atoms with E-state index in [9.17, 15) is 70.6 Å². The monoisotopic (exact) mass is 568 g/mol. The van der Waals surface area contributed by atoms with Crippen LogP contribution in [-0.2, 0) is 4.79 Å². The van der Waals surface area contributed by atoms with E-state index in [0.717, 1.165) is 12.1 Å². The molecule has 0 aromatic heterocycles. The van der Waals surface area contributed by atoms with Crippen molar-refractivity contribution in [2.24, 2.45) is 0 Å². The van der Waals surface area contributed by atoms with Crippen molar-refractivity contribution in [3.63, 3.8) is 0 Å². The Bertz CT molecular complexity index is 1430. The molecule has 0 spiro atoms. The maximum Gasteiger partial charge on any atom is 0.424 e. The van der Waals surface area contributed by atoms with Gasteiger partial charge in [-0.2, -0.15) is 0 Å². The smallest absolute Gasteiger partial charge is 0.424 e. The quantitative estimate of drug-likeness (QED) is 0.157. The van der Waals surface area contributed by atoms with Gasteiger partial charge in [-0.15, -0.1) is 0 Å². The number of hydrogen-bond acceptors (Lipinski definition) is 15. The second-order valence-electron chi connectivity index (χ2n) is 7.66. The van der Waals surface area contributed by atoms with Crippen molar-refractivity contribution >= 4 is 51.5 Å². The Kier molecular flexibility index (Phi) is 9.37. The second kappa shape index (κ2) is 12.4. The van der Waals surface area contributed by atoms with Crippen molar-refractivity contribution < 1.29 is 39.4 Å². The minimum Gasteiger partial charge on any atom is -0.480 e. The fourth-order valence-electron chi connectivity index (χ4n) is 3.56. The van der Waals surface area contributed by atoms with Crippen LogP contribution in [0.1, 0.15) is 19.3 Å². The summed E-state index contributed by atoms with van der Waals surface area (Å²) in [6, 6.07) is 1.38. The van der Waals surface area contributed by atoms with Crippen molar-refractivity contribution in [1.82, 2.24) is 0 Å². The molecule has 1 atom stereocenters. The SMILES string of the molecule is O=C(O)[C@H](CCCCNc1ccc([N+](=O)[O-])c([N+](=O)[O-])c1[N+](=O)[O-])Nc1ccc([N+](=O)[O-])c([N+](=O)[O-])c1[N+](=O)[O-]. The zero-order chi connectivity index (χ0) is 30.3. The van der Waals surface area contributed by atoms with E-state index >= 15 is 0 Å². The third-order valence-electron chi connectivity index (χ3n) is 5.25. The van der Waals surface area contributed by atoms with Crippen LogP contribution < -0.4 is 10.6 Å². The average molecular weight is 568 g/mol. The molecule has 0 bridgehead atoms. The lowest BCUT2D eigenvalue weighted by Gasteiger charge is -2.16. The molecule has 22 nitrogen and oxygen atoms in total. The van der Waals surface area contributed by atoms with Crippen LogP contribution in [-0.4, -0.2) is 53.2 Å². The largest absolute Gasteiger partial charge is 0.480 e. The standard InChI is InChI=1S/C18H16N8O14/c27-18(28)11(20-10-5-7-13(22(31)32)17(26(39)40)15(10)24(35)36)3-1-2-8-19-9-4-6-12(21(29)30)16(25(37)38)14(9)23(33)34/h4-7,11,19-20H,1-3,8H2,(H,27,28)/t11-/m0/s1. The lowest BCUT2D eigenvalue weighted by atomic mass is 10.1. The average Bonchev–Trinajstić information content (AvgIpc) is 2.85. The van der Waals surface area contributed by atoms with Gasteiger partial charge in [-0.25, -0.2) is 4.79 Å². The van der Waals surface area contributed by atoms with Crippen molar-refractivity contribution in [3.05, 3.63) is 85.0 Å². The van der Waals surface area contributed by atoms with Crippen molar-refractivity contribution in [3.8, 4) is 0 Å². The summed E-state index contributed by atoms with van der Waals surface area (Å²) >= 11 is 0. The molecule has 22 heteroatoms. The molecule has 212 valence electrons. The number of nitrogens with zero attached hydrogens (tertiary/aromatic N) is 6. The summed E-state index contributed by atoms with van der Waals surface area (Å²) < 4.78 is 0. The van der Waals surface area contributed by atoms with Crippen LogP contribution >= 0.6 is 0 Å². The van der Waals surface area contributed by atoms with Gasteiger partial charge in [0.15, 0.2) is 0 Å². The number of nitro groups is 6. The number of carboxylic acids is 1. The highest BCUT2D eigenvalue weighted by atomic mass is 16.7. The molecule has 3 N–H and O–H groups in total. The Morgan fingerprint density at radius 3 is 1.48 bits per heavy atom. The summed E-state index contributed by atoms with van der Waals surface area (Å²) in [5.41, 5.74) is -8.62. The first-order valence-corrected chi connectivity index (χ1v) is 10.6. The first-order valence-electron chi connectivity index (χ1n) is 10.6. The molecule has 0 aliphatic heterocycles. The van der Waals surface area contributed by atoms with E-state index in [0.29, 0.717) is 12.1 Å². The van der Waals surface area contributed by atoms with E-state index in [1.54, 1.807) is 0 Å². The van der Waals surface area contributed by atoms with Crippen molar-refractivity contribution in [1.29, 1.82) is 0 Å². The molecule has 0 saturated heterocycles. The van der Waals surface area contributed by atoms with Gasteiger partial charge >= 0.3 is 40.1 Å². The fraction of sp³-hybridized carbons (Fsp3) is 0.278. The first-order chi connectivity index (χ1) is 18.7. The van der Waals surface area contributed by atoms with Crippen molar-refractivity contribution in [2.75, 3.05) is 17.2 Å². The fourth-order valence-corrected chi connectivity index (χ4v) is 3.56. The van der Waals surface area contributed by atoms with Gasteiger partial charge in [-0.3, -0.25) is 60.7 Å². The Morgan fingerprint density at radius 1 is 0.650 bits per heavy atom. The van der Waals surface area contributed by atoms with Crippen LogP contribution in [0.3, 0.4) is 0 Å². The molecular formula is C18H16N8O14. The maximum absolute atomic E-state index is 11.7. The molecule has 40 heavy (non-hydrogen) atoms. The maximum atomic E-state index is 11.7. The molecule has 0 unspecified atom stereocenters. The molecule has 0 amide bonds. The highest BCUT2D eigenvalue weighted by molar-refractivity contribution is 5.83. The molecule has 0 heterocycles. The van der Waals surface area contributed by atoms with Gasteiger partial charge in [0.05, 0.1) is 29.5 Å². The van der Waals surface area contributed by atoms with Gasteiger partial charge in [0.25, 0.3) is 0 Å². The Balaban J connectivity index is 2.19. The Morgan fingerprint density at radius 2 is 1.07 bits per heavy atom. The molecule has 2 aromatic carbocycles. The number of carbonyl (C=O) groups is 1. The van der Waals surface area contributed by atoms with Gasteiger partial charge in [0, 0.05) is 18.7 Å².